The van der Waals surface area contributed by atoms with E-state index in [1.165, 1.54) is 6.26 Å². The van der Waals surface area contributed by atoms with Crippen molar-refractivity contribution in [2.24, 2.45) is 0 Å². The number of benzene rings is 2. The lowest BCUT2D eigenvalue weighted by Gasteiger charge is -2.24. The number of nitrogens with one attached hydrogen (secondary N) is 1. The summed E-state index contributed by atoms with van der Waals surface area (Å²) >= 11 is 0. The van der Waals surface area contributed by atoms with Crippen molar-refractivity contribution in [1.29, 1.82) is 0 Å². The minimum Gasteiger partial charge on any atom is -0.467 e. The number of carbonyl (C=O) groups is 1. The van der Waals surface area contributed by atoms with Crippen LogP contribution in [0.25, 0.3) is 10.8 Å². The Kier molecular flexibility index (Phi) is 6.04. The van der Waals surface area contributed by atoms with Crippen LogP contribution in [0.2, 0.25) is 0 Å². The summed E-state index contributed by atoms with van der Waals surface area (Å²) in [6.45, 7) is 0.124. The molecule has 0 bridgehead atoms. The Morgan fingerprint density at radius 2 is 1.86 bits per heavy atom. The van der Waals surface area contributed by atoms with Crippen LogP contribution < -0.4 is 5.32 Å². The first-order chi connectivity index (χ1) is 13.3. The Labute approximate surface area is 160 Å². The molecule has 0 fully saturated rings. The molecule has 3 aromatic rings. The second-order valence-corrected chi connectivity index (χ2v) is 6.65. The molecule has 3 rings (SSSR count). The molecule has 1 heterocycles. The van der Waals surface area contributed by atoms with E-state index < -0.39 is 18.6 Å². The number of furan rings is 1. The van der Waals surface area contributed by atoms with Gasteiger partial charge in [0.1, 0.15) is 12.3 Å². The molecule has 1 unspecified atom stereocenters. The van der Waals surface area contributed by atoms with E-state index in [-0.39, 0.29) is 19.1 Å². The molecule has 148 valence electrons. The van der Waals surface area contributed by atoms with Crippen molar-refractivity contribution in [1.82, 2.24) is 10.2 Å². The Morgan fingerprint density at radius 3 is 2.54 bits per heavy atom. The van der Waals surface area contributed by atoms with E-state index in [0.29, 0.717) is 5.76 Å². The highest BCUT2D eigenvalue weighted by atomic mass is 19.4. The quantitative estimate of drug-likeness (QED) is 0.637. The molecule has 4 nitrogen and oxygen atoms in total. The third kappa shape index (κ3) is 5.36. The smallest absolute Gasteiger partial charge is 0.406 e. The third-order valence-corrected chi connectivity index (χ3v) is 4.48. The number of fused-ring (bicyclic) bond motifs is 1. The van der Waals surface area contributed by atoms with Gasteiger partial charge in [0.05, 0.1) is 19.4 Å². The van der Waals surface area contributed by atoms with E-state index >= 15 is 0 Å². The summed E-state index contributed by atoms with van der Waals surface area (Å²) in [7, 11) is 0. The molecule has 1 atom stereocenters. The van der Waals surface area contributed by atoms with Gasteiger partial charge < -0.3 is 14.6 Å². The summed E-state index contributed by atoms with van der Waals surface area (Å²) < 4.78 is 43.7. The summed E-state index contributed by atoms with van der Waals surface area (Å²) in [6, 6.07) is 16.8. The summed E-state index contributed by atoms with van der Waals surface area (Å²) in [6.07, 6.45) is -3.11. The topological polar surface area (TPSA) is 45.5 Å². The van der Waals surface area contributed by atoms with E-state index in [0.717, 1.165) is 21.2 Å². The van der Waals surface area contributed by atoms with E-state index in [2.05, 4.69) is 5.32 Å². The number of rotatable bonds is 7. The molecule has 0 saturated heterocycles. The maximum atomic E-state index is 12.9. The molecule has 1 aromatic heterocycles. The summed E-state index contributed by atoms with van der Waals surface area (Å²) in [4.78, 5) is 13.2. The van der Waals surface area contributed by atoms with Crippen molar-refractivity contribution >= 4 is 16.7 Å². The Hall–Kier alpha value is -2.80. The molecule has 1 N–H and O–H groups in total. The highest BCUT2D eigenvalue weighted by molar-refractivity contribution is 5.83. The van der Waals surface area contributed by atoms with Crippen LogP contribution in [0, 0.1) is 0 Å². The molecule has 0 aliphatic heterocycles. The summed E-state index contributed by atoms with van der Waals surface area (Å²) in [5.41, 5.74) is 0.958. The van der Waals surface area contributed by atoms with Crippen LogP contribution in [0.5, 0.6) is 0 Å². The first-order valence-electron chi connectivity index (χ1n) is 8.91. The van der Waals surface area contributed by atoms with Gasteiger partial charge >= 0.3 is 6.18 Å². The normalized spacial score (nSPS) is 12.9. The van der Waals surface area contributed by atoms with Crippen molar-refractivity contribution in [3.05, 3.63) is 72.2 Å². The van der Waals surface area contributed by atoms with Crippen molar-refractivity contribution in [2.75, 3.05) is 13.1 Å². The fourth-order valence-electron chi connectivity index (χ4n) is 2.99. The second kappa shape index (κ2) is 8.48. The molecule has 0 saturated carbocycles. The second-order valence-electron chi connectivity index (χ2n) is 6.65. The van der Waals surface area contributed by atoms with E-state index in [1.807, 2.05) is 49.4 Å². The molecule has 0 aliphatic carbocycles. The fourth-order valence-corrected chi connectivity index (χ4v) is 2.99. The number of alkyl halides is 3. The van der Waals surface area contributed by atoms with Gasteiger partial charge in [0, 0.05) is 6.04 Å². The van der Waals surface area contributed by atoms with Crippen LogP contribution in [-0.2, 0) is 11.3 Å². The fraction of sp³-hybridized carbons (Fsp3) is 0.286. The number of halogens is 3. The standard InChI is InChI=1S/C21H21F3N2O2/c1-15(17-9-8-16-5-2-3-6-18(16)11-17)25-12-20(27)26(14-21(22,23)24)13-19-7-4-10-28-19/h2-11,15,25H,12-14H2,1H3. The summed E-state index contributed by atoms with van der Waals surface area (Å²) in [5, 5.41) is 5.19. The van der Waals surface area contributed by atoms with E-state index in [4.69, 9.17) is 4.42 Å². The van der Waals surface area contributed by atoms with Gasteiger partial charge in [-0.15, -0.1) is 0 Å². The van der Waals surface area contributed by atoms with Gasteiger partial charge in [-0.3, -0.25) is 4.79 Å². The number of nitrogens with zero attached hydrogens (tertiary/aromatic N) is 1. The zero-order valence-corrected chi connectivity index (χ0v) is 15.4. The highest BCUT2D eigenvalue weighted by Crippen LogP contribution is 2.21. The molecule has 0 aliphatic rings. The predicted octanol–water partition coefficient (Wildman–Crippen LogP) is 4.67. The monoisotopic (exact) mass is 390 g/mol. The predicted molar refractivity (Wildman–Crippen MR) is 101 cm³/mol. The van der Waals surface area contributed by atoms with Gasteiger partial charge in [-0.2, -0.15) is 13.2 Å². The van der Waals surface area contributed by atoms with Crippen molar-refractivity contribution < 1.29 is 22.4 Å². The maximum absolute atomic E-state index is 12.9. The lowest BCUT2D eigenvalue weighted by molar-refractivity contribution is -0.162. The largest absolute Gasteiger partial charge is 0.467 e. The van der Waals surface area contributed by atoms with Crippen LogP contribution in [-0.4, -0.2) is 30.1 Å². The molecular weight excluding hydrogens is 369 g/mol. The van der Waals surface area contributed by atoms with Crippen LogP contribution in [0.3, 0.4) is 0 Å². The summed E-state index contributed by atoms with van der Waals surface area (Å²) in [5.74, 6) is -0.332. The molecular formula is C21H21F3N2O2. The average Bonchev–Trinajstić information content (AvgIpc) is 3.17. The molecule has 0 spiro atoms. The van der Waals surface area contributed by atoms with Crippen molar-refractivity contribution in [2.45, 2.75) is 25.7 Å². The number of hydrogen-bond donors (Lipinski definition) is 1. The van der Waals surface area contributed by atoms with Gasteiger partial charge in [0.15, 0.2) is 0 Å². The van der Waals surface area contributed by atoms with E-state index in [9.17, 15) is 18.0 Å². The molecule has 28 heavy (non-hydrogen) atoms. The first-order valence-corrected chi connectivity index (χ1v) is 8.91. The minimum absolute atomic E-state index is 0.190. The highest BCUT2D eigenvalue weighted by Gasteiger charge is 2.33. The molecule has 2 aromatic carbocycles. The van der Waals surface area contributed by atoms with Crippen molar-refractivity contribution in [3.63, 3.8) is 0 Å². The zero-order valence-electron chi connectivity index (χ0n) is 15.4. The Morgan fingerprint density at radius 1 is 1.11 bits per heavy atom. The molecule has 7 heteroatoms. The van der Waals surface area contributed by atoms with Gasteiger partial charge in [0.2, 0.25) is 5.91 Å². The lowest BCUT2D eigenvalue weighted by Crippen LogP contribution is -2.43. The van der Waals surface area contributed by atoms with Gasteiger partial charge in [-0.1, -0.05) is 36.4 Å². The first kappa shape index (κ1) is 19.9. The number of amides is 1. The van der Waals surface area contributed by atoms with Gasteiger partial charge in [-0.25, -0.2) is 0 Å². The maximum Gasteiger partial charge on any atom is 0.406 e. The third-order valence-electron chi connectivity index (χ3n) is 4.48. The SMILES string of the molecule is CC(NCC(=O)N(Cc1ccco1)CC(F)(F)F)c1ccc2ccccc2c1. The molecule has 1 amide bonds. The van der Waals surface area contributed by atoms with Crippen LogP contribution in [0.1, 0.15) is 24.3 Å². The van der Waals surface area contributed by atoms with Crippen LogP contribution >= 0.6 is 0 Å². The zero-order chi connectivity index (χ0) is 20.1. The number of carbonyl (C=O) groups excluding carboxylic acids is 1. The van der Waals surface area contributed by atoms with Crippen molar-refractivity contribution in [3.8, 4) is 0 Å². The van der Waals surface area contributed by atoms with Crippen LogP contribution in [0.15, 0.2) is 65.3 Å². The Balaban J connectivity index is 1.64. The van der Waals surface area contributed by atoms with Gasteiger partial charge in [0.25, 0.3) is 0 Å². The number of hydrogen-bond acceptors (Lipinski definition) is 3. The lowest BCUT2D eigenvalue weighted by atomic mass is 10.0. The van der Waals surface area contributed by atoms with Gasteiger partial charge in [-0.05, 0) is 41.5 Å². The van der Waals surface area contributed by atoms with Crippen LogP contribution in [0.4, 0.5) is 13.2 Å². The van der Waals surface area contributed by atoms with E-state index in [1.54, 1.807) is 12.1 Å². The average molecular weight is 390 g/mol. The minimum atomic E-state index is -4.48. The molecule has 0 radical (unpaired) electrons. The Bertz CT molecular complexity index is 923.